The Morgan fingerprint density at radius 3 is 2.37 bits per heavy atom. The molecule has 0 fully saturated rings. The lowest BCUT2D eigenvalue weighted by Crippen LogP contribution is -2.21. The molecule has 0 spiro atoms. The standard InChI is InChI=1S/C21H16Cl2N2OS/c1-12-6-8-14(9-7-12)18-13(2)27-20-19(18)21(26)25(11-24-20)10-15-16(22)4-3-5-17(15)23/h3-9,11H,10H2,1-2H3. The van der Waals surface area contributed by atoms with Crippen molar-refractivity contribution < 1.29 is 0 Å². The third-order valence-corrected chi connectivity index (χ3v) is 6.31. The average molecular weight is 415 g/mol. The highest BCUT2D eigenvalue weighted by atomic mass is 35.5. The number of fused-ring (bicyclic) bond motifs is 1. The monoisotopic (exact) mass is 414 g/mol. The molecule has 0 bridgehead atoms. The molecule has 136 valence electrons. The van der Waals surface area contributed by atoms with E-state index >= 15 is 0 Å². The van der Waals surface area contributed by atoms with Crippen molar-refractivity contribution in [1.82, 2.24) is 9.55 Å². The molecule has 4 rings (SSSR count). The fraction of sp³-hybridized carbons (Fsp3) is 0.143. The van der Waals surface area contributed by atoms with E-state index in [0.717, 1.165) is 20.8 Å². The quantitative estimate of drug-likeness (QED) is 0.405. The van der Waals surface area contributed by atoms with Crippen LogP contribution in [0.15, 0.2) is 53.6 Å². The van der Waals surface area contributed by atoms with Crippen LogP contribution in [0.3, 0.4) is 0 Å². The molecule has 2 aromatic heterocycles. The summed E-state index contributed by atoms with van der Waals surface area (Å²) in [4.78, 5) is 19.6. The highest BCUT2D eigenvalue weighted by Crippen LogP contribution is 2.35. The van der Waals surface area contributed by atoms with Crippen molar-refractivity contribution in [3.63, 3.8) is 0 Å². The van der Waals surface area contributed by atoms with E-state index in [1.807, 2.05) is 26.0 Å². The van der Waals surface area contributed by atoms with Crippen molar-refractivity contribution >= 4 is 44.8 Å². The Bertz CT molecular complexity index is 1190. The SMILES string of the molecule is Cc1ccc(-c2c(C)sc3ncn(Cc4c(Cl)cccc4Cl)c(=O)c23)cc1. The zero-order chi connectivity index (χ0) is 19.1. The van der Waals surface area contributed by atoms with Crippen LogP contribution >= 0.6 is 34.5 Å². The van der Waals surface area contributed by atoms with Crippen molar-refractivity contribution in [3.8, 4) is 11.1 Å². The van der Waals surface area contributed by atoms with Crippen molar-refractivity contribution in [2.75, 3.05) is 0 Å². The number of hydrogen-bond donors (Lipinski definition) is 0. The van der Waals surface area contributed by atoms with E-state index in [9.17, 15) is 4.79 Å². The van der Waals surface area contributed by atoms with Gasteiger partial charge in [0.25, 0.3) is 5.56 Å². The molecule has 6 heteroatoms. The summed E-state index contributed by atoms with van der Waals surface area (Å²) >= 11 is 14.1. The molecule has 4 aromatic rings. The summed E-state index contributed by atoms with van der Waals surface area (Å²) in [5, 5.41) is 1.72. The van der Waals surface area contributed by atoms with Crippen LogP contribution in [0.4, 0.5) is 0 Å². The molecular formula is C21H16Cl2N2OS. The Balaban J connectivity index is 1.90. The Labute approximate surface area is 170 Å². The summed E-state index contributed by atoms with van der Waals surface area (Å²) in [6, 6.07) is 13.5. The maximum atomic E-state index is 13.3. The number of rotatable bonds is 3. The first-order valence-electron chi connectivity index (χ1n) is 8.44. The molecule has 3 nitrogen and oxygen atoms in total. The van der Waals surface area contributed by atoms with Gasteiger partial charge in [0.05, 0.1) is 18.3 Å². The number of aryl methyl sites for hydroxylation is 2. The van der Waals surface area contributed by atoms with Crippen LogP contribution in [0.1, 0.15) is 16.0 Å². The Hall–Kier alpha value is -2.14. The van der Waals surface area contributed by atoms with Crippen LogP contribution in [0.25, 0.3) is 21.3 Å². The van der Waals surface area contributed by atoms with Gasteiger partial charge in [-0.1, -0.05) is 59.1 Å². The third-order valence-electron chi connectivity index (χ3n) is 4.59. The van der Waals surface area contributed by atoms with Gasteiger partial charge in [0.1, 0.15) is 4.83 Å². The second kappa shape index (κ2) is 7.12. The molecule has 2 heterocycles. The zero-order valence-electron chi connectivity index (χ0n) is 14.8. The minimum Gasteiger partial charge on any atom is -0.294 e. The lowest BCUT2D eigenvalue weighted by molar-refractivity contribution is 0.750. The van der Waals surface area contributed by atoms with E-state index in [4.69, 9.17) is 23.2 Å². The first-order valence-corrected chi connectivity index (χ1v) is 10.0. The van der Waals surface area contributed by atoms with Gasteiger partial charge >= 0.3 is 0 Å². The van der Waals surface area contributed by atoms with Crippen LogP contribution in [0, 0.1) is 13.8 Å². The normalized spacial score (nSPS) is 11.3. The summed E-state index contributed by atoms with van der Waals surface area (Å²) in [6.45, 7) is 4.35. The lowest BCUT2D eigenvalue weighted by Gasteiger charge is -2.10. The molecular weight excluding hydrogens is 399 g/mol. The first kappa shape index (κ1) is 18.2. The molecule has 0 aliphatic carbocycles. The molecule has 0 radical (unpaired) electrons. The van der Waals surface area contributed by atoms with E-state index in [1.165, 1.54) is 16.9 Å². The van der Waals surface area contributed by atoms with Crippen molar-refractivity contribution in [1.29, 1.82) is 0 Å². The molecule has 0 amide bonds. The fourth-order valence-corrected chi connectivity index (χ4v) is 4.69. The van der Waals surface area contributed by atoms with Crippen LogP contribution < -0.4 is 5.56 Å². The Morgan fingerprint density at radius 2 is 1.70 bits per heavy atom. The number of benzene rings is 2. The minimum atomic E-state index is -0.0871. The summed E-state index contributed by atoms with van der Waals surface area (Å²) in [7, 11) is 0. The van der Waals surface area contributed by atoms with E-state index in [1.54, 1.807) is 29.1 Å². The zero-order valence-corrected chi connectivity index (χ0v) is 17.1. The lowest BCUT2D eigenvalue weighted by atomic mass is 10.0. The largest absolute Gasteiger partial charge is 0.294 e. The van der Waals surface area contributed by atoms with Crippen molar-refractivity contribution in [2.45, 2.75) is 20.4 Å². The third kappa shape index (κ3) is 3.29. The first-order chi connectivity index (χ1) is 13.0. The number of aromatic nitrogens is 2. The summed E-state index contributed by atoms with van der Waals surface area (Å²) < 4.78 is 1.57. The maximum Gasteiger partial charge on any atom is 0.263 e. The van der Waals surface area contributed by atoms with Gasteiger partial charge in [0.15, 0.2) is 0 Å². The molecule has 0 aliphatic rings. The van der Waals surface area contributed by atoms with Gasteiger partial charge in [0.2, 0.25) is 0 Å². The van der Waals surface area contributed by atoms with E-state index in [2.05, 4.69) is 17.1 Å². The van der Waals surface area contributed by atoms with Gasteiger partial charge in [-0.15, -0.1) is 11.3 Å². The maximum absolute atomic E-state index is 13.3. The summed E-state index contributed by atoms with van der Waals surface area (Å²) in [6.07, 6.45) is 1.57. The highest BCUT2D eigenvalue weighted by Gasteiger charge is 2.17. The molecule has 2 aromatic carbocycles. The number of nitrogens with zero attached hydrogens (tertiary/aromatic N) is 2. The van der Waals surface area contributed by atoms with Gasteiger partial charge in [0, 0.05) is 26.0 Å². The highest BCUT2D eigenvalue weighted by molar-refractivity contribution is 7.19. The number of halogens is 2. The van der Waals surface area contributed by atoms with Crippen LogP contribution in [-0.2, 0) is 6.54 Å². The molecule has 0 aliphatic heterocycles. The van der Waals surface area contributed by atoms with E-state index < -0.39 is 0 Å². The van der Waals surface area contributed by atoms with E-state index in [-0.39, 0.29) is 12.1 Å². The molecule has 0 unspecified atom stereocenters. The predicted molar refractivity (Wildman–Crippen MR) is 114 cm³/mol. The van der Waals surface area contributed by atoms with E-state index in [0.29, 0.717) is 21.0 Å². The molecule has 0 saturated carbocycles. The van der Waals surface area contributed by atoms with Gasteiger partial charge in [-0.2, -0.15) is 0 Å². The Morgan fingerprint density at radius 1 is 1.04 bits per heavy atom. The van der Waals surface area contributed by atoms with Crippen molar-refractivity contribution in [3.05, 3.63) is 85.2 Å². The smallest absolute Gasteiger partial charge is 0.263 e. The van der Waals surface area contributed by atoms with Gasteiger partial charge < -0.3 is 0 Å². The average Bonchev–Trinajstić information content (AvgIpc) is 2.98. The molecule has 0 saturated heterocycles. The van der Waals surface area contributed by atoms with Crippen LogP contribution in [0.2, 0.25) is 10.0 Å². The molecule has 27 heavy (non-hydrogen) atoms. The van der Waals surface area contributed by atoms with Crippen LogP contribution in [-0.4, -0.2) is 9.55 Å². The van der Waals surface area contributed by atoms with Gasteiger partial charge in [-0.05, 0) is 31.5 Å². The minimum absolute atomic E-state index is 0.0871. The van der Waals surface area contributed by atoms with Crippen molar-refractivity contribution in [2.24, 2.45) is 0 Å². The summed E-state index contributed by atoms with van der Waals surface area (Å²) in [5.74, 6) is 0. The topological polar surface area (TPSA) is 34.9 Å². The second-order valence-electron chi connectivity index (χ2n) is 6.46. The predicted octanol–water partition coefficient (Wildman–Crippen LogP) is 6.10. The van der Waals surface area contributed by atoms with Gasteiger partial charge in [-0.3, -0.25) is 9.36 Å². The Kier molecular flexibility index (Phi) is 4.81. The number of thiophene rings is 1. The second-order valence-corrected chi connectivity index (χ2v) is 8.47. The number of hydrogen-bond acceptors (Lipinski definition) is 3. The molecule has 0 N–H and O–H groups in total. The summed E-state index contributed by atoms with van der Waals surface area (Å²) in [5.41, 5.74) is 3.78. The molecule has 0 atom stereocenters. The fourth-order valence-electron chi connectivity index (χ4n) is 3.17. The van der Waals surface area contributed by atoms with Gasteiger partial charge in [-0.25, -0.2) is 4.98 Å². The van der Waals surface area contributed by atoms with Crippen LogP contribution in [0.5, 0.6) is 0 Å².